The van der Waals surface area contributed by atoms with Crippen molar-refractivity contribution in [3.8, 4) is 0 Å². The lowest BCUT2D eigenvalue weighted by Crippen LogP contribution is -2.24. The van der Waals surface area contributed by atoms with E-state index in [0.29, 0.717) is 36.2 Å². The van der Waals surface area contributed by atoms with E-state index in [1.807, 2.05) is 43.0 Å². The molecule has 116 valence electrons. The number of hydrogen-bond donors (Lipinski definition) is 0. The molecule has 0 saturated carbocycles. The fourth-order valence-corrected chi connectivity index (χ4v) is 2.67. The summed E-state index contributed by atoms with van der Waals surface area (Å²) in [6, 6.07) is 7.54. The molecule has 5 nitrogen and oxygen atoms in total. The standard InChI is InChI=1S/C16H18ClN3O2/c1-10(2)15-18-16(22-19-15)12-7-14(21)20(9-12)8-11-3-5-13(17)6-4-11/h3-6,10,12H,7-9H2,1-2H3. The van der Waals surface area contributed by atoms with E-state index in [2.05, 4.69) is 10.1 Å². The van der Waals surface area contributed by atoms with Crippen molar-refractivity contribution in [1.29, 1.82) is 0 Å². The van der Waals surface area contributed by atoms with E-state index < -0.39 is 0 Å². The molecule has 1 fully saturated rings. The number of carbonyl (C=O) groups is 1. The first-order valence-electron chi connectivity index (χ1n) is 7.38. The summed E-state index contributed by atoms with van der Waals surface area (Å²) in [6.45, 7) is 5.22. The van der Waals surface area contributed by atoms with Crippen molar-refractivity contribution in [1.82, 2.24) is 15.0 Å². The molecule has 22 heavy (non-hydrogen) atoms. The van der Waals surface area contributed by atoms with Gasteiger partial charge in [0, 0.05) is 30.5 Å². The Balaban J connectivity index is 1.68. The number of carbonyl (C=O) groups excluding carboxylic acids is 1. The molecule has 2 aromatic rings. The molecule has 3 rings (SSSR count). The van der Waals surface area contributed by atoms with Crippen LogP contribution >= 0.6 is 11.6 Å². The number of rotatable bonds is 4. The number of likely N-dealkylation sites (tertiary alicyclic amines) is 1. The van der Waals surface area contributed by atoms with Gasteiger partial charge in [-0.25, -0.2) is 0 Å². The summed E-state index contributed by atoms with van der Waals surface area (Å²) in [4.78, 5) is 18.4. The quantitative estimate of drug-likeness (QED) is 0.867. The molecule has 1 aliphatic rings. The highest BCUT2D eigenvalue weighted by atomic mass is 35.5. The van der Waals surface area contributed by atoms with Crippen LogP contribution in [-0.2, 0) is 11.3 Å². The smallest absolute Gasteiger partial charge is 0.232 e. The molecule has 6 heteroatoms. The van der Waals surface area contributed by atoms with Gasteiger partial charge in [0.15, 0.2) is 5.82 Å². The van der Waals surface area contributed by atoms with E-state index in [-0.39, 0.29) is 17.7 Å². The predicted octanol–water partition coefficient (Wildman–Crippen LogP) is 3.36. The maximum Gasteiger partial charge on any atom is 0.232 e. The van der Waals surface area contributed by atoms with E-state index in [0.717, 1.165) is 5.56 Å². The molecule has 0 N–H and O–H groups in total. The molecule has 0 aliphatic carbocycles. The molecule has 0 bridgehead atoms. The molecule has 2 heterocycles. The van der Waals surface area contributed by atoms with Gasteiger partial charge in [-0.3, -0.25) is 4.79 Å². The van der Waals surface area contributed by atoms with Gasteiger partial charge in [-0.2, -0.15) is 4.98 Å². The minimum Gasteiger partial charge on any atom is -0.339 e. The van der Waals surface area contributed by atoms with E-state index in [1.165, 1.54) is 0 Å². The molecule has 1 atom stereocenters. The fourth-order valence-electron chi connectivity index (χ4n) is 2.55. The summed E-state index contributed by atoms with van der Waals surface area (Å²) in [5, 5.41) is 4.67. The molecule has 1 amide bonds. The van der Waals surface area contributed by atoms with Crippen LogP contribution in [0.5, 0.6) is 0 Å². The van der Waals surface area contributed by atoms with Gasteiger partial charge in [0.25, 0.3) is 0 Å². The van der Waals surface area contributed by atoms with Crippen LogP contribution in [0.4, 0.5) is 0 Å². The van der Waals surface area contributed by atoms with Crippen LogP contribution in [0.1, 0.15) is 49.4 Å². The summed E-state index contributed by atoms with van der Waals surface area (Å²) in [7, 11) is 0. The van der Waals surface area contributed by atoms with E-state index >= 15 is 0 Å². The third kappa shape index (κ3) is 3.14. The van der Waals surface area contributed by atoms with Gasteiger partial charge < -0.3 is 9.42 Å². The SMILES string of the molecule is CC(C)c1noc(C2CC(=O)N(Cc3ccc(Cl)cc3)C2)n1. The summed E-state index contributed by atoms with van der Waals surface area (Å²) in [5.41, 5.74) is 1.06. The first-order valence-corrected chi connectivity index (χ1v) is 7.76. The van der Waals surface area contributed by atoms with Gasteiger partial charge in [0.05, 0.1) is 5.92 Å². The maximum absolute atomic E-state index is 12.2. The summed E-state index contributed by atoms with van der Waals surface area (Å²) in [5.74, 6) is 1.58. The monoisotopic (exact) mass is 319 g/mol. The zero-order valence-electron chi connectivity index (χ0n) is 12.6. The molecule has 1 aliphatic heterocycles. The largest absolute Gasteiger partial charge is 0.339 e. The highest BCUT2D eigenvalue weighted by Crippen LogP contribution is 2.29. The lowest BCUT2D eigenvalue weighted by molar-refractivity contribution is -0.128. The highest BCUT2D eigenvalue weighted by molar-refractivity contribution is 6.30. The van der Waals surface area contributed by atoms with Gasteiger partial charge in [0.2, 0.25) is 11.8 Å². The molecule has 1 aromatic carbocycles. The van der Waals surface area contributed by atoms with Gasteiger partial charge >= 0.3 is 0 Å². The van der Waals surface area contributed by atoms with E-state index in [1.54, 1.807) is 0 Å². The number of halogens is 1. The fraction of sp³-hybridized carbons (Fsp3) is 0.438. The van der Waals surface area contributed by atoms with Crippen molar-refractivity contribution >= 4 is 17.5 Å². The number of hydrogen-bond acceptors (Lipinski definition) is 4. The second-order valence-electron chi connectivity index (χ2n) is 5.95. The van der Waals surface area contributed by atoms with E-state index in [4.69, 9.17) is 16.1 Å². The predicted molar refractivity (Wildman–Crippen MR) is 82.6 cm³/mol. The Labute approximate surface area is 134 Å². The Morgan fingerprint density at radius 1 is 1.36 bits per heavy atom. The second-order valence-corrected chi connectivity index (χ2v) is 6.38. The van der Waals surface area contributed by atoms with Crippen molar-refractivity contribution in [2.45, 2.75) is 38.6 Å². The zero-order valence-corrected chi connectivity index (χ0v) is 13.4. The first-order chi connectivity index (χ1) is 10.5. The first kappa shape index (κ1) is 15.0. The third-order valence-electron chi connectivity index (χ3n) is 3.82. The number of benzene rings is 1. The molecule has 1 aromatic heterocycles. The van der Waals surface area contributed by atoms with Crippen LogP contribution in [-0.4, -0.2) is 27.5 Å². The summed E-state index contributed by atoms with van der Waals surface area (Å²) < 4.78 is 5.32. The molecular formula is C16H18ClN3O2. The lowest BCUT2D eigenvalue weighted by Gasteiger charge is -2.16. The van der Waals surface area contributed by atoms with Crippen molar-refractivity contribution < 1.29 is 9.32 Å². The Hall–Kier alpha value is -1.88. The number of amides is 1. The van der Waals surface area contributed by atoms with Gasteiger partial charge in [-0.15, -0.1) is 0 Å². The normalized spacial score (nSPS) is 18.5. The maximum atomic E-state index is 12.2. The lowest BCUT2D eigenvalue weighted by atomic mass is 10.1. The Morgan fingerprint density at radius 3 is 2.73 bits per heavy atom. The summed E-state index contributed by atoms with van der Waals surface area (Å²) in [6.07, 6.45) is 0.424. The van der Waals surface area contributed by atoms with Crippen LogP contribution in [0.2, 0.25) is 5.02 Å². The van der Waals surface area contributed by atoms with Crippen LogP contribution in [0.3, 0.4) is 0 Å². The van der Waals surface area contributed by atoms with Crippen molar-refractivity contribution in [2.24, 2.45) is 0 Å². The highest BCUT2D eigenvalue weighted by Gasteiger charge is 2.34. The topological polar surface area (TPSA) is 59.2 Å². The van der Waals surface area contributed by atoms with Crippen molar-refractivity contribution in [3.05, 3.63) is 46.6 Å². The molecule has 0 spiro atoms. The Bertz CT molecular complexity index is 666. The minimum absolute atomic E-state index is 0.0141. The molecular weight excluding hydrogens is 302 g/mol. The molecule has 0 radical (unpaired) electrons. The van der Waals surface area contributed by atoms with E-state index in [9.17, 15) is 4.79 Å². The number of nitrogens with zero attached hydrogens (tertiary/aromatic N) is 3. The van der Waals surface area contributed by atoms with Crippen LogP contribution in [0, 0.1) is 0 Å². The second kappa shape index (κ2) is 6.08. The van der Waals surface area contributed by atoms with Crippen molar-refractivity contribution in [2.75, 3.05) is 6.54 Å². The molecule has 1 saturated heterocycles. The third-order valence-corrected chi connectivity index (χ3v) is 4.08. The minimum atomic E-state index is -0.0141. The van der Waals surface area contributed by atoms with Crippen LogP contribution in [0.15, 0.2) is 28.8 Å². The Kier molecular flexibility index (Phi) is 4.16. The summed E-state index contributed by atoms with van der Waals surface area (Å²) >= 11 is 5.88. The Morgan fingerprint density at radius 2 is 2.09 bits per heavy atom. The van der Waals surface area contributed by atoms with Gasteiger partial charge in [-0.1, -0.05) is 42.7 Å². The van der Waals surface area contributed by atoms with Crippen LogP contribution < -0.4 is 0 Å². The zero-order chi connectivity index (χ0) is 15.7. The molecule has 1 unspecified atom stereocenters. The van der Waals surface area contributed by atoms with Crippen molar-refractivity contribution in [3.63, 3.8) is 0 Å². The van der Waals surface area contributed by atoms with Gasteiger partial charge in [-0.05, 0) is 17.7 Å². The van der Waals surface area contributed by atoms with Gasteiger partial charge in [0.1, 0.15) is 0 Å². The average Bonchev–Trinajstić information content (AvgIpc) is 3.09. The average molecular weight is 320 g/mol. The number of aromatic nitrogens is 2. The van der Waals surface area contributed by atoms with Crippen LogP contribution in [0.25, 0.3) is 0 Å².